The monoisotopic (exact) mass is 425 g/mol. The highest BCUT2D eigenvalue weighted by atomic mass is 32.2. The highest BCUT2D eigenvalue weighted by Crippen LogP contribution is 2.23. The summed E-state index contributed by atoms with van der Waals surface area (Å²) in [5, 5.41) is 4.91. The lowest BCUT2D eigenvalue weighted by atomic mass is 9.86. The molecule has 1 aromatic rings. The fourth-order valence-electron chi connectivity index (χ4n) is 3.11. The van der Waals surface area contributed by atoms with Gasteiger partial charge in [0.2, 0.25) is 10.0 Å². The molecule has 2 unspecified atom stereocenters. The standard InChI is InChI=1S/C19H27N3O6S/c1-13-7-4-5-10-16(13)20-19(25)21-17(23)12-28-18(24)14-8-6-9-15(11-14)29(26,27)22(2)3/h6,8-9,11,13,16H,4-5,7,10,12H2,1-3H3,(H2,20,21,23,25). The molecule has 0 spiro atoms. The molecule has 1 aliphatic rings. The largest absolute Gasteiger partial charge is 0.452 e. The summed E-state index contributed by atoms with van der Waals surface area (Å²) in [6.45, 7) is 1.40. The molecular formula is C19H27N3O6S. The van der Waals surface area contributed by atoms with Crippen molar-refractivity contribution in [2.24, 2.45) is 5.92 Å². The summed E-state index contributed by atoms with van der Waals surface area (Å²) in [4.78, 5) is 35.9. The van der Waals surface area contributed by atoms with Crippen LogP contribution in [-0.4, -0.2) is 57.4 Å². The van der Waals surface area contributed by atoms with Crippen molar-refractivity contribution >= 4 is 27.9 Å². The predicted molar refractivity (Wildman–Crippen MR) is 106 cm³/mol. The van der Waals surface area contributed by atoms with E-state index in [0.717, 1.165) is 30.0 Å². The maximum Gasteiger partial charge on any atom is 0.338 e. The van der Waals surface area contributed by atoms with Gasteiger partial charge in [0, 0.05) is 20.1 Å². The number of ether oxygens (including phenoxy) is 1. The molecule has 1 aliphatic carbocycles. The van der Waals surface area contributed by atoms with E-state index in [0.29, 0.717) is 5.92 Å². The normalized spacial score (nSPS) is 19.4. The number of urea groups is 1. The number of hydrogen-bond donors (Lipinski definition) is 2. The van der Waals surface area contributed by atoms with Crippen LogP contribution >= 0.6 is 0 Å². The molecule has 2 rings (SSSR count). The Bertz CT molecular complexity index is 868. The Morgan fingerprint density at radius 3 is 2.52 bits per heavy atom. The molecular weight excluding hydrogens is 398 g/mol. The first-order chi connectivity index (χ1) is 13.6. The number of sulfonamides is 1. The van der Waals surface area contributed by atoms with Crippen LogP contribution in [-0.2, 0) is 19.6 Å². The number of amides is 3. The zero-order valence-electron chi connectivity index (χ0n) is 16.8. The minimum atomic E-state index is -3.71. The Morgan fingerprint density at radius 1 is 1.17 bits per heavy atom. The van der Waals surface area contributed by atoms with Gasteiger partial charge in [-0.2, -0.15) is 0 Å². The zero-order chi connectivity index (χ0) is 21.6. The average Bonchev–Trinajstić information content (AvgIpc) is 2.67. The quantitative estimate of drug-likeness (QED) is 0.666. The molecule has 3 amide bonds. The van der Waals surface area contributed by atoms with Crippen molar-refractivity contribution < 1.29 is 27.5 Å². The highest BCUT2D eigenvalue weighted by Gasteiger charge is 2.24. The second kappa shape index (κ2) is 9.84. The van der Waals surface area contributed by atoms with E-state index in [1.807, 2.05) is 0 Å². The van der Waals surface area contributed by atoms with Gasteiger partial charge in [0.05, 0.1) is 10.5 Å². The number of nitrogens with one attached hydrogen (secondary N) is 2. The van der Waals surface area contributed by atoms with Gasteiger partial charge in [-0.1, -0.05) is 25.8 Å². The lowest BCUT2D eigenvalue weighted by Gasteiger charge is -2.29. The SMILES string of the molecule is CC1CCCCC1NC(=O)NC(=O)COC(=O)c1cccc(S(=O)(=O)N(C)C)c1. The van der Waals surface area contributed by atoms with Crippen molar-refractivity contribution in [3.05, 3.63) is 29.8 Å². The summed E-state index contributed by atoms with van der Waals surface area (Å²) in [6.07, 6.45) is 4.05. The highest BCUT2D eigenvalue weighted by molar-refractivity contribution is 7.89. The van der Waals surface area contributed by atoms with Crippen molar-refractivity contribution in [1.29, 1.82) is 0 Å². The smallest absolute Gasteiger partial charge is 0.338 e. The molecule has 0 heterocycles. The first kappa shape index (κ1) is 22.8. The molecule has 160 valence electrons. The first-order valence-electron chi connectivity index (χ1n) is 9.41. The van der Waals surface area contributed by atoms with Crippen LogP contribution in [0.5, 0.6) is 0 Å². The van der Waals surface area contributed by atoms with Crippen LogP contribution < -0.4 is 10.6 Å². The van der Waals surface area contributed by atoms with Crippen LogP contribution in [0.25, 0.3) is 0 Å². The van der Waals surface area contributed by atoms with E-state index in [-0.39, 0.29) is 16.5 Å². The minimum absolute atomic E-state index is 0.0128. The van der Waals surface area contributed by atoms with Gasteiger partial charge in [0.15, 0.2) is 6.61 Å². The molecule has 29 heavy (non-hydrogen) atoms. The molecule has 0 aromatic heterocycles. The summed E-state index contributed by atoms with van der Waals surface area (Å²) in [6, 6.07) is 4.71. The lowest BCUT2D eigenvalue weighted by Crippen LogP contribution is -2.48. The molecule has 1 saturated carbocycles. The Balaban J connectivity index is 1.87. The second-order valence-corrected chi connectivity index (χ2v) is 9.43. The Kier molecular flexibility index (Phi) is 7.74. The number of nitrogens with zero attached hydrogens (tertiary/aromatic N) is 1. The van der Waals surface area contributed by atoms with E-state index in [9.17, 15) is 22.8 Å². The number of carbonyl (C=O) groups excluding carboxylic acids is 3. The Hall–Kier alpha value is -2.46. The average molecular weight is 426 g/mol. The van der Waals surface area contributed by atoms with Crippen molar-refractivity contribution in [3.8, 4) is 0 Å². The Morgan fingerprint density at radius 2 is 1.86 bits per heavy atom. The second-order valence-electron chi connectivity index (χ2n) is 7.28. The van der Waals surface area contributed by atoms with Gasteiger partial charge in [-0.3, -0.25) is 10.1 Å². The van der Waals surface area contributed by atoms with Gasteiger partial charge in [-0.15, -0.1) is 0 Å². The van der Waals surface area contributed by atoms with E-state index in [1.165, 1.54) is 38.4 Å². The van der Waals surface area contributed by atoms with Crippen LogP contribution in [0.2, 0.25) is 0 Å². The van der Waals surface area contributed by atoms with E-state index in [4.69, 9.17) is 4.74 Å². The van der Waals surface area contributed by atoms with Crippen LogP contribution in [0.4, 0.5) is 4.79 Å². The molecule has 0 radical (unpaired) electrons. The van der Waals surface area contributed by atoms with Crippen molar-refractivity contribution in [1.82, 2.24) is 14.9 Å². The summed E-state index contributed by atoms with van der Waals surface area (Å²) in [5.41, 5.74) is -0.0128. The maximum atomic E-state index is 12.1. The van der Waals surface area contributed by atoms with Crippen LogP contribution in [0, 0.1) is 5.92 Å². The fourth-order valence-corrected chi connectivity index (χ4v) is 4.05. The number of imide groups is 1. The van der Waals surface area contributed by atoms with Gasteiger partial charge in [0.1, 0.15) is 0 Å². The molecule has 0 saturated heterocycles. The van der Waals surface area contributed by atoms with E-state index in [1.54, 1.807) is 0 Å². The summed E-state index contributed by atoms with van der Waals surface area (Å²) in [7, 11) is -0.948. The molecule has 0 aliphatic heterocycles. The van der Waals surface area contributed by atoms with Crippen LogP contribution in [0.1, 0.15) is 43.0 Å². The number of rotatable bonds is 6. The molecule has 9 nitrogen and oxygen atoms in total. The summed E-state index contributed by atoms with van der Waals surface area (Å²) >= 11 is 0. The Labute approximate surface area is 170 Å². The third kappa shape index (κ3) is 6.26. The van der Waals surface area contributed by atoms with Crippen molar-refractivity contribution in [2.75, 3.05) is 20.7 Å². The molecule has 2 N–H and O–H groups in total. The van der Waals surface area contributed by atoms with E-state index in [2.05, 4.69) is 17.6 Å². The molecule has 0 bridgehead atoms. The van der Waals surface area contributed by atoms with Gasteiger partial charge < -0.3 is 10.1 Å². The molecule has 10 heteroatoms. The molecule has 1 aromatic carbocycles. The van der Waals surface area contributed by atoms with Crippen LogP contribution in [0.15, 0.2) is 29.2 Å². The summed E-state index contributed by atoms with van der Waals surface area (Å²) in [5.74, 6) is -1.29. The topological polar surface area (TPSA) is 122 Å². The number of esters is 1. The van der Waals surface area contributed by atoms with E-state index >= 15 is 0 Å². The van der Waals surface area contributed by atoms with E-state index < -0.39 is 34.5 Å². The third-order valence-corrected chi connectivity index (χ3v) is 6.67. The zero-order valence-corrected chi connectivity index (χ0v) is 17.6. The van der Waals surface area contributed by atoms with Crippen molar-refractivity contribution in [3.63, 3.8) is 0 Å². The maximum absolute atomic E-state index is 12.1. The van der Waals surface area contributed by atoms with Gasteiger partial charge in [-0.25, -0.2) is 22.3 Å². The molecule has 2 atom stereocenters. The lowest BCUT2D eigenvalue weighted by molar-refractivity contribution is -0.123. The van der Waals surface area contributed by atoms with Crippen molar-refractivity contribution in [2.45, 2.75) is 43.5 Å². The molecule has 1 fully saturated rings. The number of hydrogen-bond acceptors (Lipinski definition) is 6. The number of carbonyl (C=O) groups is 3. The first-order valence-corrected chi connectivity index (χ1v) is 10.9. The minimum Gasteiger partial charge on any atom is -0.452 e. The van der Waals surface area contributed by atoms with Gasteiger partial charge >= 0.3 is 12.0 Å². The van der Waals surface area contributed by atoms with Gasteiger partial charge in [-0.05, 0) is 37.0 Å². The fraction of sp³-hybridized carbons (Fsp3) is 0.526. The third-order valence-electron chi connectivity index (χ3n) is 4.86. The van der Waals surface area contributed by atoms with Gasteiger partial charge in [0.25, 0.3) is 5.91 Å². The summed E-state index contributed by atoms with van der Waals surface area (Å²) < 4.78 is 30.2. The predicted octanol–water partition coefficient (Wildman–Crippen LogP) is 1.50. The van der Waals surface area contributed by atoms with Crippen LogP contribution in [0.3, 0.4) is 0 Å². The number of benzene rings is 1.